The maximum Gasteiger partial charge on any atom is 0.416 e. The summed E-state index contributed by atoms with van der Waals surface area (Å²) in [5.41, 5.74) is 1.28. The first-order valence-corrected chi connectivity index (χ1v) is 14.8. The number of hydrogen-bond acceptors (Lipinski definition) is 5. The molecule has 4 heterocycles. The summed E-state index contributed by atoms with van der Waals surface area (Å²) in [6.45, 7) is 3.94. The summed E-state index contributed by atoms with van der Waals surface area (Å²) in [6.07, 6.45) is -3.93. The number of alkyl halides is 3. The lowest BCUT2D eigenvalue weighted by molar-refractivity contribution is -0.166. The quantitative estimate of drug-likeness (QED) is 0.438. The molecular formula is C32H35F3N4O5. The largest absolute Gasteiger partial charge is 0.497 e. The molecule has 0 radical (unpaired) electrons. The molecule has 44 heavy (non-hydrogen) atoms. The first-order valence-electron chi connectivity index (χ1n) is 14.8. The van der Waals surface area contributed by atoms with E-state index >= 15 is 0 Å². The van der Waals surface area contributed by atoms with Gasteiger partial charge in [0.25, 0.3) is 0 Å². The number of piperidine rings is 1. The van der Waals surface area contributed by atoms with Crippen molar-refractivity contribution in [2.24, 2.45) is 11.8 Å². The van der Waals surface area contributed by atoms with Crippen LogP contribution in [0.15, 0.2) is 42.5 Å². The second-order valence-electron chi connectivity index (χ2n) is 11.9. The van der Waals surface area contributed by atoms with Gasteiger partial charge in [-0.1, -0.05) is 12.1 Å². The predicted molar refractivity (Wildman–Crippen MR) is 155 cm³/mol. The summed E-state index contributed by atoms with van der Waals surface area (Å²) >= 11 is 0. The molecule has 0 aliphatic carbocycles. The van der Waals surface area contributed by atoms with Gasteiger partial charge in [-0.3, -0.25) is 14.4 Å². The Kier molecular flexibility index (Phi) is 7.81. The minimum absolute atomic E-state index is 0.0910. The van der Waals surface area contributed by atoms with Crippen molar-refractivity contribution in [3.63, 3.8) is 0 Å². The maximum atomic E-state index is 14.2. The van der Waals surface area contributed by atoms with E-state index in [1.807, 2.05) is 25.1 Å². The Hall–Kier alpha value is -4.06. The Bertz CT molecular complexity index is 1600. The van der Waals surface area contributed by atoms with E-state index in [1.165, 1.54) is 12.1 Å². The van der Waals surface area contributed by atoms with E-state index in [-0.39, 0.29) is 31.2 Å². The van der Waals surface area contributed by atoms with Crippen LogP contribution in [0.4, 0.5) is 13.2 Å². The van der Waals surface area contributed by atoms with Crippen LogP contribution in [0.2, 0.25) is 0 Å². The highest BCUT2D eigenvalue weighted by Crippen LogP contribution is 2.50. The molecule has 3 amide bonds. The zero-order valence-electron chi connectivity index (χ0n) is 24.6. The molecule has 2 N–H and O–H groups in total. The molecule has 9 nitrogen and oxygen atoms in total. The number of aromatic nitrogens is 1. The number of morpholine rings is 1. The van der Waals surface area contributed by atoms with Gasteiger partial charge in [0.2, 0.25) is 17.7 Å². The minimum atomic E-state index is -4.49. The zero-order valence-corrected chi connectivity index (χ0v) is 24.6. The Morgan fingerprint density at radius 3 is 2.64 bits per heavy atom. The smallest absolute Gasteiger partial charge is 0.416 e. The van der Waals surface area contributed by atoms with Crippen LogP contribution in [0, 0.1) is 11.8 Å². The minimum Gasteiger partial charge on any atom is -0.497 e. The van der Waals surface area contributed by atoms with E-state index < -0.39 is 35.0 Å². The van der Waals surface area contributed by atoms with E-state index in [1.54, 1.807) is 16.9 Å². The molecule has 1 aromatic heterocycles. The van der Waals surface area contributed by atoms with Gasteiger partial charge < -0.3 is 29.6 Å². The third-order valence-corrected chi connectivity index (χ3v) is 9.38. The fraction of sp³-hybridized carbons (Fsp3) is 0.469. The summed E-state index contributed by atoms with van der Waals surface area (Å²) in [6, 6.07) is 10.5. The molecule has 2 fully saturated rings. The average molecular weight is 613 g/mol. The van der Waals surface area contributed by atoms with Crippen LogP contribution in [0.5, 0.6) is 5.75 Å². The van der Waals surface area contributed by atoms with E-state index in [2.05, 4.69) is 10.3 Å². The highest BCUT2D eigenvalue weighted by Gasteiger charge is 2.57. The van der Waals surface area contributed by atoms with Gasteiger partial charge >= 0.3 is 6.18 Å². The number of nitrogens with one attached hydrogen (secondary N) is 2. The molecule has 0 saturated carbocycles. The highest BCUT2D eigenvalue weighted by atomic mass is 19.4. The zero-order chi connectivity index (χ0) is 31.2. The standard InChI is InChI=1S/C32H35F3N4O5/c1-31-25(30(42)38-10-12-44-13-11-38)15-20(16-27(40)36-18-19-4-3-5-21(14-19)32(33,34)35)29(41)39(31)9-8-23-24-17-22(43-2)6-7-26(24)37-28(23)31/h3-7,14,17,20,25,37H,8-13,15-16,18H2,1-2H3,(H,36,40)/t20?,25-,31+/m1/s1. The third-order valence-electron chi connectivity index (χ3n) is 9.38. The molecular weight excluding hydrogens is 577 g/mol. The number of nitrogens with zero attached hydrogens (tertiary/aromatic N) is 2. The van der Waals surface area contributed by atoms with E-state index in [4.69, 9.17) is 9.47 Å². The second kappa shape index (κ2) is 11.5. The number of benzene rings is 2. The van der Waals surface area contributed by atoms with Crippen molar-refractivity contribution in [1.29, 1.82) is 0 Å². The molecule has 1 unspecified atom stereocenters. The molecule has 3 aliphatic heterocycles. The molecule has 6 rings (SSSR count). The van der Waals surface area contributed by atoms with Crippen molar-refractivity contribution in [2.75, 3.05) is 40.0 Å². The summed E-state index contributed by atoms with van der Waals surface area (Å²) in [5, 5.41) is 3.66. The van der Waals surface area contributed by atoms with Crippen molar-refractivity contribution in [1.82, 2.24) is 20.1 Å². The first kappa shape index (κ1) is 30.0. The van der Waals surface area contributed by atoms with Crippen molar-refractivity contribution >= 4 is 28.6 Å². The number of carbonyl (C=O) groups excluding carboxylic acids is 3. The van der Waals surface area contributed by atoms with Gasteiger partial charge in [0.15, 0.2) is 0 Å². The maximum absolute atomic E-state index is 14.2. The number of ether oxygens (including phenoxy) is 2. The second-order valence-corrected chi connectivity index (χ2v) is 11.9. The van der Waals surface area contributed by atoms with E-state index in [0.29, 0.717) is 50.6 Å². The Balaban J connectivity index is 1.28. The molecule has 3 aromatic rings. The molecule has 234 valence electrons. The number of amides is 3. The third kappa shape index (κ3) is 5.29. The van der Waals surface area contributed by atoms with E-state index in [0.717, 1.165) is 34.3 Å². The molecule has 0 bridgehead atoms. The Morgan fingerprint density at radius 2 is 1.91 bits per heavy atom. The SMILES string of the molecule is COc1ccc2[nH]c3c(c2c1)CCN1C(=O)C(CC(=O)NCc2cccc(C(F)(F)F)c2)C[C@H](C(=O)N2CCOCC2)[C@@]31C. The number of methoxy groups -OCH3 is 1. The van der Waals surface area contributed by atoms with Crippen molar-refractivity contribution in [3.8, 4) is 5.75 Å². The lowest BCUT2D eigenvalue weighted by Gasteiger charge is -2.54. The van der Waals surface area contributed by atoms with Crippen LogP contribution in [0.3, 0.4) is 0 Å². The number of halogens is 3. The van der Waals surface area contributed by atoms with Crippen LogP contribution in [-0.4, -0.2) is 72.5 Å². The van der Waals surface area contributed by atoms with Crippen LogP contribution < -0.4 is 10.1 Å². The molecule has 3 aliphatic rings. The molecule has 3 atom stereocenters. The van der Waals surface area contributed by atoms with Crippen molar-refractivity contribution < 1.29 is 37.0 Å². The number of hydrogen-bond donors (Lipinski definition) is 2. The van der Waals surface area contributed by atoms with Crippen molar-refractivity contribution in [2.45, 2.75) is 44.4 Å². The number of H-pyrrole nitrogens is 1. The summed E-state index contributed by atoms with van der Waals surface area (Å²) < 4.78 is 50.3. The van der Waals surface area contributed by atoms with Crippen LogP contribution >= 0.6 is 0 Å². The van der Waals surface area contributed by atoms with Crippen LogP contribution in [-0.2, 0) is 43.8 Å². The number of fused-ring (bicyclic) bond motifs is 5. The lowest BCUT2D eigenvalue weighted by Crippen LogP contribution is -2.65. The Labute approximate surface area is 252 Å². The van der Waals surface area contributed by atoms with Gasteiger partial charge in [-0.05, 0) is 61.2 Å². The monoisotopic (exact) mass is 612 g/mol. The van der Waals surface area contributed by atoms with Gasteiger partial charge in [-0.15, -0.1) is 0 Å². The first-order chi connectivity index (χ1) is 21.0. The predicted octanol–water partition coefficient (Wildman–Crippen LogP) is 4.00. The topological polar surface area (TPSA) is 104 Å². The van der Waals surface area contributed by atoms with Gasteiger partial charge in [-0.2, -0.15) is 13.2 Å². The van der Waals surface area contributed by atoms with Gasteiger partial charge in [0.05, 0.1) is 37.3 Å². The molecule has 2 aromatic carbocycles. The molecule has 12 heteroatoms. The summed E-state index contributed by atoms with van der Waals surface area (Å²) in [4.78, 5) is 48.4. The normalized spacial score (nSPS) is 23.7. The van der Waals surface area contributed by atoms with E-state index in [9.17, 15) is 27.6 Å². The molecule has 0 spiro atoms. The van der Waals surface area contributed by atoms with Gasteiger partial charge in [0.1, 0.15) is 5.75 Å². The molecule has 2 saturated heterocycles. The van der Waals surface area contributed by atoms with Crippen LogP contribution in [0.1, 0.15) is 42.1 Å². The number of rotatable bonds is 6. The number of aromatic amines is 1. The van der Waals surface area contributed by atoms with Crippen molar-refractivity contribution in [3.05, 3.63) is 64.8 Å². The van der Waals surface area contributed by atoms with Crippen LogP contribution in [0.25, 0.3) is 10.9 Å². The summed E-state index contributed by atoms with van der Waals surface area (Å²) in [7, 11) is 1.61. The average Bonchev–Trinajstić information content (AvgIpc) is 3.40. The van der Waals surface area contributed by atoms with Gasteiger partial charge in [0, 0.05) is 55.1 Å². The number of carbonyl (C=O) groups is 3. The highest BCUT2D eigenvalue weighted by molar-refractivity contribution is 5.93. The Morgan fingerprint density at radius 1 is 1.14 bits per heavy atom. The summed E-state index contributed by atoms with van der Waals surface area (Å²) in [5.74, 6) is -1.44. The fourth-order valence-corrected chi connectivity index (χ4v) is 7.04. The van der Waals surface area contributed by atoms with Gasteiger partial charge in [-0.25, -0.2) is 0 Å². The fourth-order valence-electron chi connectivity index (χ4n) is 7.04. The lowest BCUT2D eigenvalue weighted by atomic mass is 9.67.